The Labute approximate surface area is 190 Å². The topological polar surface area (TPSA) is 51.5 Å². The number of aromatic nitrogens is 3. The van der Waals surface area contributed by atoms with Crippen molar-refractivity contribution in [1.29, 1.82) is 0 Å². The highest BCUT2D eigenvalue weighted by atomic mass is 32.1. The molecule has 0 fully saturated rings. The SMILES string of the molecule is C#Cc1ccsc1-c1nc2cnccn2c1NCc1ccc(OC)cc1.c1cc2cc-2c1. The normalized spacial score (nSPS) is 10.8. The number of nitrogens with one attached hydrogen (secondary N) is 1. The van der Waals surface area contributed by atoms with Gasteiger partial charge in [-0.3, -0.25) is 9.38 Å². The van der Waals surface area contributed by atoms with E-state index >= 15 is 0 Å². The minimum Gasteiger partial charge on any atom is -0.497 e. The highest BCUT2D eigenvalue weighted by Crippen LogP contribution is 2.35. The van der Waals surface area contributed by atoms with Crippen LogP contribution in [0.25, 0.3) is 27.3 Å². The van der Waals surface area contributed by atoms with Gasteiger partial charge in [0.15, 0.2) is 5.65 Å². The van der Waals surface area contributed by atoms with Crippen molar-refractivity contribution in [3.8, 4) is 39.8 Å². The first kappa shape index (κ1) is 19.9. The zero-order chi connectivity index (χ0) is 21.9. The number of rotatable bonds is 5. The lowest BCUT2D eigenvalue weighted by atomic mass is 10.2. The molecule has 0 atom stereocenters. The first-order valence-corrected chi connectivity index (χ1v) is 11.0. The van der Waals surface area contributed by atoms with E-state index in [2.05, 4.69) is 40.5 Å². The van der Waals surface area contributed by atoms with E-state index in [0.717, 1.165) is 38.9 Å². The van der Waals surface area contributed by atoms with E-state index < -0.39 is 0 Å². The Morgan fingerprint density at radius 2 is 1.94 bits per heavy atom. The van der Waals surface area contributed by atoms with Gasteiger partial charge in [0.05, 0.1) is 18.2 Å². The standard InChI is InChI=1S/C20H16N4OS.C6H4/c1-3-15-8-11-26-19(15)18-20(24-10-9-21-13-17(24)23-18)22-12-14-4-6-16(25-2)7-5-14;1-2-5-4-6(5)3-1/h1,4-11,13,22H,12H2,2H3;1-4H. The molecule has 0 amide bonds. The lowest BCUT2D eigenvalue weighted by Gasteiger charge is -2.09. The molecule has 0 unspecified atom stereocenters. The summed E-state index contributed by atoms with van der Waals surface area (Å²) in [5, 5.41) is 5.49. The Hall–Kier alpha value is -4.08. The fraction of sp³-hybridized carbons (Fsp3) is 0.0769. The number of imidazole rings is 1. The van der Waals surface area contributed by atoms with Crippen molar-refractivity contribution >= 4 is 22.8 Å². The minimum absolute atomic E-state index is 0.657. The summed E-state index contributed by atoms with van der Waals surface area (Å²) in [6, 6.07) is 18.4. The summed E-state index contributed by atoms with van der Waals surface area (Å²) in [4.78, 5) is 9.88. The Morgan fingerprint density at radius 1 is 1.12 bits per heavy atom. The first-order chi connectivity index (χ1) is 15.8. The van der Waals surface area contributed by atoms with Crippen LogP contribution in [0.5, 0.6) is 5.75 Å². The van der Waals surface area contributed by atoms with Crippen LogP contribution in [0, 0.1) is 12.3 Å². The zero-order valence-corrected chi connectivity index (χ0v) is 18.3. The van der Waals surface area contributed by atoms with Crippen molar-refractivity contribution in [3.05, 3.63) is 89.7 Å². The molecule has 32 heavy (non-hydrogen) atoms. The summed E-state index contributed by atoms with van der Waals surface area (Å²) < 4.78 is 7.20. The van der Waals surface area contributed by atoms with Gasteiger partial charge in [-0.1, -0.05) is 36.3 Å². The van der Waals surface area contributed by atoms with Gasteiger partial charge in [0.1, 0.15) is 17.3 Å². The van der Waals surface area contributed by atoms with Gasteiger partial charge in [0.2, 0.25) is 0 Å². The van der Waals surface area contributed by atoms with Gasteiger partial charge in [-0.2, -0.15) is 0 Å². The van der Waals surface area contributed by atoms with Gasteiger partial charge >= 0.3 is 0 Å². The van der Waals surface area contributed by atoms with Crippen molar-refractivity contribution < 1.29 is 4.74 Å². The molecular formula is C26H20N4OS. The monoisotopic (exact) mass is 436 g/mol. The maximum Gasteiger partial charge on any atom is 0.157 e. The van der Waals surface area contributed by atoms with Gasteiger partial charge in [-0.15, -0.1) is 17.8 Å². The van der Waals surface area contributed by atoms with Crippen molar-refractivity contribution in [1.82, 2.24) is 14.4 Å². The van der Waals surface area contributed by atoms with Crippen molar-refractivity contribution in [2.45, 2.75) is 6.54 Å². The Kier molecular flexibility index (Phi) is 5.32. The molecule has 2 aliphatic carbocycles. The van der Waals surface area contributed by atoms with Gasteiger partial charge < -0.3 is 10.1 Å². The lowest BCUT2D eigenvalue weighted by Crippen LogP contribution is -2.03. The third-order valence-electron chi connectivity index (χ3n) is 5.20. The molecular weight excluding hydrogens is 416 g/mol. The molecule has 6 rings (SSSR count). The number of anilines is 1. The molecule has 5 nitrogen and oxygen atoms in total. The highest BCUT2D eigenvalue weighted by Gasteiger charge is 2.17. The first-order valence-electron chi connectivity index (χ1n) is 10.1. The molecule has 156 valence electrons. The van der Waals surface area contributed by atoms with Gasteiger partial charge in [-0.25, -0.2) is 4.98 Å². The summed E-state index contributed by atoms with van der Waals surface area (Å²) in [6.45, 7) is 0.657. The van der Waals surface area contributed by atoms with E-state index in [1.807, 2.05) is 46.3 Å². The fourth-order valence-corrected chi connectivity index (χ4v) is 4.29. The van der Waals surface area contributed by atoms with Gasteiger partial charge in [-0.05, 0) is 46.3 Å². The second kappa shape index (κ2) is 8.58. The Bertz CT molecular complexity index is 1410. The molecule has 3 aromatic heterocycles. The number of thiophene rings is 1. The van der Waals surface area contributed by atoms with Gasteiger partial charge in [0, 0.05) is 24.5 Å². The number of ether oxygens (including phenoxy) is 1. The van der Waals surface area contributed by atoms with E-state index in [-0.39, 0.29) is 0 Å². The number of terminal acetylenes is 1. The smallest absolute Gasteiger partial charge is 0.157 e. The number of methoxy groups -OCH3 is 1. The van der Waals surface area contributed by atoms with Crippen LogP contribution in [-0.4, -0.2) is 21.5 Å². The van der Waals surface area contributed by atoms with Crippen molar-refractivity contribution in [2.75, 3.05) is 12.4 Å². The molecule has 0 saturated heterocycles. The number of benzene rings is 2. The molecule has 0 saturated carbocycles. The van der Waals surface area contributed by atoms with Crippen LogP contribution in [0.4, 0.5) is 5.82 Å². The molecule has 0 radical (unpaired) electrons. The lowest BCUT2D eigenvalue weighted by molar-refractivity contribution is 0.414. The maximum atomic E-state index is 5.65. The number of hydrogen-bond donors (Lipinski definition) is 1. The summed E-state index contributed by atoms with van der Waals surface area (Å²) in [6.07, 6.45) is 11.0. The molecule has 6 heteroatoms. The molecule has 3 heterocycles. The molecule has 2 aliphatic rings. The summed E-state index contributed by atoms with van der Waals surface area (Å²) in [5.41, 5.74) is 6.46. The average Bonchev–Trinajstić information content (AvgIpc) is 3.21. The predicted molar refractivity (Wildman–Crippen MR) is 130 cm³/mol. The van der Waals surface area contributed by atoms with E-state index in [9.17, 15) is 0 Å². The summed E-state index contributed by atoms with van der Waals surface area (Å²) in [7, 11) is 1.66. The summed E-state index contributed by atoms with van der Waals surface area (Å²) >= 11 is 1.59. The second-order valence-electron chi connectivity index (χ2n) is 7.20. The zero-order valence-electron chi connectivity index (χ0n) is 17.4. The van der Waals surface area contributed by atoms with E-state index in [4.69, 9.17) is 16.1 Å². The predicted octanol–water partition coefficient (Wildman–Crippen LogP) is 5.73. The molecule has 0 spiro atoms. The molecule has 0 aliphatic heterocycles. The average molecular weight is 437 g/mol. The van der Waals surface area contributed by atoms with Crippen LogP contribution >= 0.6 is 11.3 Å². The molecule has 1 N–H and O–H groups in total. The quantitative estimate of drug-likeness (QED) is 0.351. The second-order valence-corrected chi connectivity index (χ2v) is 8.12. The largest absolute Gasteiger partial charge is 0.497 e. The van der Waals surface area contributed by atoms with Crippen molar-refractivity contribution in [2.24, 2.45) is 0 Å². The number of fused-ring (bicyclic) bond motifs is 2. The molecule has 4 aromatic rings. The van der Waals surface area contributed by atoms with Crippen LogP contribution in [0.15, 0.2) is 78.6 Å². The Morgan fingerprint density at radius 3 is 2.59 bits per heavy atom. The minimum atomic E-state index is 0.657. The summed E-state index contributed by atoms with van der Waals surface area (Å²) in [5.74, 6) is 4.48. The van der Waals surface area contributed by atoms with Crippen molar-refractivity contribution in [3.63, 3.8) is 0 Å². The molecule has 1 aromatic carbocycles. The van der Waals surface area contributed by atoms with Crippen LogP contribution in [0.2, 0.25) is 0 Å². The van der Waals surface area contributed by atoms with Crippen LogP contribution in [-0.2, 0) is 6.54 Å². The van der Waals surface area contributed by atoms with E-state index in [1.165, 1.54) is 11.1 Å². The number of hydrogen-bond acceptors (Lipinski definition) is 5. The van der Waals surface area contributed by atoms with Crippen LogP contribution in [0.3, 0.4) is 0 Å². The van der Waals surface area contributed by atoms with Crippen LogP contribution in [0.1, 0.15) is 11.1 Å². The number of nitrogens with zero attached hydrogens (tertiary/aromatic N) is 3. The Balaban J connectivity index is 0.000000306. The molecule has 0 bridgehead atoms. The van der Waals surface area contributed by atoms with E-state index in [1.54, 1.807) is 30.8 Å². The van der Waals surface area contributed by atoms with Crippen LogP contribution < -0.4 is 10.1 Å². The van der Waals surface area contributed by atoms with E-state index in [0.29, 0.717) is 6.54 Å². The fourth-order valence-electron chi connectivity index (χ4n) is 3.45. The third kappa shape index (κ3) is 3.94. The highest BCUT2D eigenvalue weighted by molar-refractivity contribution is 7.13. The maximum absolute atomic E-state index is 5.65. The third-order valence-corrected chi connectivity index (χ3v) is 6.12. The van der Waals surface area contributed by atoms with Gasteiger partial charge in [0.25, 0.3) is 0 Å².